The van der Waals surface area contributed by atoms with Gasteiger partial charge in [-0.15, -0.1) is 4.91 Å². The van der Waals surface area contributed by atoms with Crippen LogP contribution in [-0.2, 0) is 0 Å². The average Bonchev–Trinajstić information content (AvgIpc) is 2.47. The first-order valence-electron chi connectivity index (χ1n) is 6.31. The molecule has 0 amide bonds. The van der Waals surface area contributed by atoms with Gasteiger partial charge in [-0.1, -0.05) is 0 Å². The molecule has 4 N–H and O–H groups in total. The molecule has 0 unspecified atom stereocenters. The number of aromatic hydroxyl groups is 4. The topological polar surface area (TPSA) is 141 Å². The van der Waals surface area contributed by atoms with E-state index >= 15 is 0 Å². The molecule has 0 aliphatic heterocycles. The third-order valence-electron chi connectivity index (χ3n) is 3.30. The molecule has 3 aromatic rings. The van der Waals surface area contributed by atoms with E-state index in [-0.39, 0.29) is 33.7 Å². The summed E-state index contributed by atoms with van der Waals surface area (Å²) in [6.07, 6.45) is 0. The van der Waals surface area contributed by atoms with Gasteiger partial charge in [0.1, 0.15) is 45.2 Å². The number of phenols is 3. The van der Waals surface area contributed by atoms with E-state index in [2.05, 4.69) is 5.18 Å². The van der Waals surface area contributed by atoms with E-state index in [4.69, 9.17) is 4.42 Å². The third kappa shape index (κ3) is 2.22. The van der Waals surface area contributed by atoms with Gasteiger partial charge in [0.15, 0.2) is 0 Å². The average molecular weight is 315 g/mol. The second-order valence-corrected chi connectivity index (χ2v) is 4.74. The van der Waals surface area contributed by atoms with Crippen LogP contribution in [0.1, 0.15) is 0 Å². The van der Waals surface area contributed by atoms with Crippen molar-refractivity contribution in [1.29, 1.82) is 0 Å². The smallest absolute Gasteiger partial charge is 0.348 e. The van der Waals surface area contributed by atoms with Gasteiger partial charge in [0.05, 0.1) is 0 Å². The molecule has 3 rings (SSSR count). The number of fused-ring (bicyclic) bond motifs is 1. The lowest BCUT2D eigenvalue weighted by atomic mass is 10.0. The van der Waals surface area contributed by atoms with Crippen LogP contribution in [0.5, 0.6) is 23.0 Å². The zero-order valence-electron chi connectivity index (χ0n) is 11.3. The predicted octanol–water partition coefficient (Wildman–Crippen LogP) is 2.68. The summed E-state index contributed by atoms with van der Waals surface area (Å²) in [4.78, 5) is 23.0. The molecular formula is C15H9NO7. The van der Waals surface area contributed by atoms with Crippen molar-refractivity contribution in [2.45, 2.75) is 0 Å². The highest BCUT2D eigenvalue weighted by Gasteiger charge is 2.22. The Kier molecular flexibility index (Phi) is 3.14. The second-order valence-electron chi connectivity index (χ2n) is 4.74. The molecule has 0 radical (unpaired) electrons. The van der Waals surface area contributed by atoms with Crippen LogP contribution in [0.3, 0.4) is 0 Å². The highest BCUT2D eigenvalue weighted by atomic mass is 16.4. The first-order valence-corrected chi connectivity index (χ1v) is 6.31. The summed E-state index contributed by atoms with van der Waals surface area (Å²) in [5.41, 5.74) is -1.99. The minimum atomic E-state index is -1.00. The monoisotopic (exact) mass is 315 g/mol. The van der Waals surface area contributed by atoms with Gasteiger partial charge in [-0.2, -0.15) is 0 Å². The van der Waals surface area contributed by atoms with Crippen molar-refractivity contribution < 1.29 is 24.8 Å². The Morgan fingerprint density at radius 2 is 1.70 bits per heavy atom. The van der Waals surface area contributed by atoms with Crippen molar-refractivity contribution >= 4 is 16.7 Å². The van der Waals surface area contributed by atoms with Crippen molar-refractivity contribution in [1.82, 2.24) is 0 Å². The molecule has 8 heteroatoms. The SMILES string of the molecule is O=Nc1cc(O)ccc1-c1c(O)c2c(O)cc(O)cc2oc1=O. The zero-order valence-corrected chi connectivity index (χ0v) is 11.3. The molecule has 116 valence electrons. The van der Waals surface area contributed by atoms with Gasteiger partial charge < -0.3 is 24.8 Å². The van der Waals surface area contributed by atoms with Crippen molar-refractivity contribution in [3.63, 3.8) is 0 Å². The molecule has 0 spiro atoms. The Balaban J connectivity index is 2.44. The summed E-state index contributed by atoms with van der Waals surface area (Å²) in [6.45, 7) is 0. The molecular weight excluding hydrogens is 306 g/mol. The fourth-order valence-corrected chi connectivity index (χ4v) is 2.32. The lowest BCUT2D eigenvalue weighted by Crippen LogP contribution is -2.04. The van der Waals surface area contributed by atoms with Gasteiger partial charge in [0.25, 0.3) is 0 Å². The number of hydrogen-bond donors (Lipinski definition) is 4. The van der Waals surface area contributed by atoms with Gasteiger partial charge >= 0.3 is 5.63 Å². The first-order chi connectivity index (χ1) is 10.9. The molecule has 0 aliphatic carbocycles. The van der Waals surface area contributed by atoms with Gasteiger partial charge in [0.2, 0.25) is 0 Å². The normalized spacial score (nSPS) is 10.8. The van der Waals surface area contributed by atoms with E-state index in [1.165, 1.54) is 12.1 Å². The first kappa shape index (κ1) is 14.4. The van der Waals surface area contributed by atoms with Crippen LogP contribution in [-0.4, -0.2) is 20.4 Å². The molecule has 23 heavy (non-hydrogen) atoms. The van der Waals surface area contributed by atoms with Crippen LogP contribution >= 0.6 is 0 Å². The molecule has 0 aliphatic rings. The standard InChI is InChI=1S/C15H9NO7/c17-6-1-2-8(9(3-6)16-22)12-14(20)13-10(19)4-7(18)5-11(13)23-15(12)21/h1-5,17-20H. The van der Waals surface area contributed by atoms with Crippen LogP contribution in [0.2, 0.25) is 0 Å². The van der Waals surface area contributed by atoms with Gasteiger partial charge in [0, 0.05) is 23.8 Å². The zero-order chi connectivity index (χ0) is 16.7. The van der Waals surface area contributed by atoms with Crippen LogP contribution in [0.25, 0.3) is 22.1 Å². The highest BCUT2D eigenvalue weighted by molar-refractivity contribution is 5.96. The van der Waals surface area contributed by atoms with Crippen molar-refractivity contribution in [3.05, 3.63) is 45.7 Å². The number of phenolic OH excluding ortho intramolecular Hbond substituents is 3. The summed E-state index contributed by atoms with van der Waals surface area (Å²) >= 11 is 0. The van der Waals surface area contributed by atoms with Gasteiger partial charge in [-0.05, 0) is 17.3 Å². The van der Waals surface area contributed by atoms with Crippen molar-refractivity contribution in [3.8, 4) is 34.1 Å². The molecule has 1 heterocycles. The summed E-state index contributed by atoms with van der Waals surface area (Å²) in [5, 5.41) is 41.5. The highest BCUT2D eigenvalue weighted by Crippen LogP contribution is 2.42. The second kappa shape index (κ2) is 5.02. The molecule has 0 fully saturated rings. The molecule has 8 nitrogen and oxygen atoms in total. The van der Waals surface area contributed by atoms with Crippen LogP contribution in [0, 0.1) is 4.91 Å². The molecule has 1 aromatic heterocycles. The van der Waals surface area contributed by atoms with E-state index in [9.17, 15) is 30.1 Å². The van der Waals surface area contributed by atoms with Crippen LogP contribution in [0.4, 0.5) is 5.69 Å². The largest absolute Gasteiger partial charge is 0.508 e. The lowest BCUT2D eigenvalue weighted by Gasteiger charge is -2.09. The maximum atomic E-state index is 12.1. The van der Waals surface area contributed by atoms with Crippen LogP contribution < -0.4 is 5.63 Å². The molecule has 0 saturated heterocycles. The molecule has 0 atom stereocenters. The van der Waals surface area contributed by atoms with E-state index in [0.29, 0.717) is 0 Å². The quantitative estimate of drug-likeness (QED) is 0.421. The number of hydrogen-bond acceptors (Lipinski definition) is 8. The van der Waals surface area contributed by atoms with E-state index < -0.39 is 22.7 Å². The Morgan fingerprint density at radius 3 is 2.39 bits per heavy atom. The number of rotatable bonds is 2. The fraction of sp³-hybridized carbons (Fsp3) is 0. The fourth-order valence-electron chi connectivity index (χ4n) is 2.32. The van der Waals surface area contributed by atoms with Crippen molar-refractivity contribution in [2.24, 2.45) is 5.18 Å². The Bertz CT molecular complexity index is 1010. The number of nitrogens with zero attached hydrogens (tertiary/aromatic N) is 1. The van der Waals surface area contributed by atoms with Crippen molar-refractivity contribution in [2.75, 3.05) is 0 Å². The van der Waals surface area contributed by atoms with E-state index in [0.717, 1.165) is 18.2 Å². The molecule has 2 aromatic carbocycles. The predicted molar refractivity (Wildman–Crippen MR) is 80.0 cm³/mol. The van der Waals surface area contributed by atoms with E-state index in [1.54, 1.807) is 0 Å². The minimum absolute atomic E-state index is 0.0709. The summed E-state index contributed by atoms with van der Waals surface area (Å²) < 4.78 is 4.98. The lowest BCUT2D eigenvalue weighted by molar-refractivity contribution is 0.441. The minimum Gasteiger partial charge on any atom is -0.508 e. The number of nitroso groups, excluding NO2 is 1. The van der Waals surface area contributed by atoms with Gasteiger partial charge in [-0.3, -0.25) is 0 Å². The molecule has 0 saturated carbocycles. The number of benzene rings is 2. The summed E-state index contributed by atoms with van der Waals surface area (Å²) in [7, 11) is 0. The summed E-state index contributed by atoms with van der Waals surface area (Å²) in [5.74, 6) is -1.75. The Hall–Kier alpha value is -3.55. The maximum Gasteiger partial charge on any atom is 0.348 e. The van der Waals surface area contributed by atoms with Gasteiger partial charge in [-0.25, -0.2) is 4.79 Å². The van der Waals surface area contributed by atoms with Crippen LogP contribution in [0.15, 0.2) is 44.7 Å². The third-order valence-corrected chi connectivity index (χ3v) is 3.30. The van der Waals surface area contributed by atoms with E-state index in [1.807, 2.05) is 0 Å². The summed E-state index contributed by atoms with van der Waals surface area (Å²) in [6, 6.07) is 5.43. The Labute approximate surface area is 127 Å². The Morgan fingerprint density at radius 1 is 0.957 bits per heavy atom. The molecule has 0 bridgehead atoms. The maximum absolute atomic E-state index is 12.1.